The van der Waals surface area contributed by atoms with Crippen molar-refractivity contribution in [3.05, 3.63) is 39.8 Å². The summed E-state index contributed by atoms with van der Waals surface area (Å²) >= 11 is 7.36. The van der Waals surface area contributed by atoms with Crippen molar-refractivity contribution in [1.29, 1.82) is 0 Å². The van der Waals surface area contributed by atoms with Gasteiger partial charge in [-0.25, -0.2) is 9.97 Å². The molecule has 1 aliphatic heterocycles. The lowest BCUT2D eigenvalue weighted by Crippen LogP contribution is -2.48. The van der Waals surface area contributed by atoms with E-state index in [4.69, 9.17) is 11.6 Å². The van der Waals surface area contributed by atoms with E-state index in [1.807, 2.05) is 5.38 Å². The first-order valence-electron chi connectivity index (χ1n) is 6.80. The van der Waals surface area contributed by atoms with Crippen LogP contribution in [0, 0.1) is 0 Å². The van der Waals surface area contributed by atoms with Gasteiger partial charge in [0.05, 0.1) is 5.02 Å². The van der Waals surface area contributed by atoms with Gasteiger partial charge in [-0.1, -0.05) is 11.6 Å². The number of nitrogens with zero attached hydrogens (tertiary/aromatic N) is 3. The van der Waals surface area contributed by atoms with Crippen LogP contribution in [0.1, 0.15) is 22.5 Å². The highest BCUT2D eigenvalue weighted by molar-refractivity contribution is 7.12. The van der Waals surface area contributed by atoms with E-state index in [9.17, 15) is 4.79 Å². The smallest absolute Gasteiger partial charge is 0.263 e. The number of thiophene rings is 1. The van der Waals surface area contributed by atoms with Crippen molar-refractivity contribution in [2.75, 3.05) is 18.0 Å². The highest BCUT2D eigenvalue weighted by Crippen LogP contribution is 2.22. The minimum absolute atomic E-state index is 0.0909. The maximum absolute atomic E-state index is 12.2. The number of anilines is 1. The van der Waals surface area contributed by atoms with Crippen LogP contribution in [0.5, 0.6) is 0 Å². The number of carbonyl (C=O) groups excluding carboxylic acids is 1. The number of rotatable bonds is 3. The molecule has 0 aliphatic carbocycles. The van der Waals surface area contributed by atoms with Crippen molar-refractivity contribution in [3.63, 3.8) is 0 Å². The van der Waals surface area contributed by atoms with Gasteiger partial charge in [0.2, 0.25) is 5.95 Å². The third-order valence-corrected chi connectivity index (χ3v) is 4.76. The molecular formula is C14H15ClN4OS. The van der Waals surface area contributed by atoms with E-state index in [0.29, 0.717) is 15.8 Å². The summed E-state index contributed by atoms with van der Waals surface area (Å²) in [5, 5.41) is 5.38. The van der Waals surface area contributed by atoms with E-state index in [0.717, 1.165) is 25.9 Å². The fraction of sp³-hybridized carbons (Fsp3) is 0.357. The third-order valence-electron chi connectivity index (χ3n) is 3.42. The molecule has 0 saturated carbocycles. The SMILES string of the molecule is O=C(NC1CCCN(c2ncccn2)C1)c1sccc1Cl. The summed E-state index contributed by atoms with van der Waals surface area (Å²) in [6, 6.07) is 3.63. The number of hydrogen-bond donors (Lipinski definition) is 1. The van der Waals surface area contributed by atoms with Gasteiger partial charge in [-0.3, -0.25) is 4.79 Å². The minimum Gasteiger partial charge on any atom is -0.347 e. The van der Waals surface area contributed by atoms with Gasteiger partial charge >= 0.3 is 0 Å². The van der Waals surface area contributed by atoms with Crippen LogP contribution < -0.4 is 10.2 Å². The zero-order chi connectivity index (χ0) is 14.7. The summed E-state index contributed by atoms with van der Waals surface area (Å²) in [6.07, 6.45) is 5.42. The highest BCUT2D eigenvalue weighted by Gasteiger charge is 2.24. The molecule has 0 radical (unpaired) electrons. The first kappa shape index (κ1) is 14.3. The van der Waals surface area contributed by atoms with E-state index in [1.54, 1.807) is 24.5 Å². The van der Waals surface area contributed by atoms with Crippen molar-refractivity contribution in [1.82, 2.24) is 15.3 Å². The van der Waals surface area contributed by atoms with Crippen LogP contribution in [0.25, 0.3) is 0 Å². The van der Waals surface area contributed by atoms with Gasteiger partial charge in [0, 0.05) is 31.5 Å². The minimum atomic E-state index is -0.101. The van der Waals surface area contributed by atoms with E-state index >= 15 is 0 Å². The summed E-state index contributed by atoms with van der Waals surface area (Å²) in [5.74, 6) is 0.612. The molecule has 1 N–H and O–H groups in total. The fourth-order valence-corrected chi connectivity index (χ4v) is 3.48. The molecule has 2 aromatic heterocycles. The molecule has 21 heavy (non-hydrogen) atoms. The second kappa shape index (κ2) is 6.41. The van der Waals surface area contributed by atoms with Crippen molar-refractivity contribution in [2.24, 2.45) is 0 Å². The summed E-state index contributed by atoms with van der Waals surface area (Å²) in [5.41, 5.74) is 0. The number of nitrogens with one attached hydrogen (secondary N) is 1. The van der Waals surface area contributed by atoms with Crippen LogP contribution in [-0.4, -0.2) is 35.0 Å². The Hall–Kier alpha value is -1.66. The molecule has 0 bridgehead atoms. The van der Waals surface area contributed by atoms with Gasteiger partial charge in [0.25, 0.3) is 5.91 Å². The van der Waals surface area contributed by atoms with Gasteiger partial charge in [0.1, 0.15) is 4.88 Å². The first-order chi connectivity index (χ1) is 10.2. The summed E-state index contributed by atoms with van der Waals surface area (Å²) in [4.78, 5) is 23.4. The summed E-state index contributed by atoms with van der Waals surface area (Å²) in [7, 11) is 0. The van der Waals surface area contributed by atoms with Gasteiger partial charge < -0.3 is 10.2 Å². The molecule has 5 nitrogen and oxygen atoms in total. The highest BCUT2D eigenvalue weighted by atomic mass is 35.5. The Balaban J connectivity index is 1.64. The maximum Gasteiger partial charge on any atom is 0.263 e. The number of halogens is 1. The number of aromatic nitrogens is 2. The second-order valence-electron chi connectivity index (χ2n) is 4.91. The molecule has 1 atom stereocenters. The predicted molar refractivity (Wildman–Crippen MR) is 84.1 cm³/mol. The number of hydrogen-bond acceptors (Lipinski definition) is 5. The molecule has 1 aliphatic rings. The molecule has 1 amide bonds. The quantitative estimate of drug-likeness (QED) is 0.943. The zero-order valence-electron chi connectivity index (χ0n) is 11.3. The van der Waals surface area contributed by atoms with E-state index in [1.165, 1.54) is 11.3 Å². The van der Waals surface area contributed by atoms with Crippen LogP contribution >= 0.6 is 22.9 Å². The van der Waals surface area contributed by atoms with Crippen LogP contribution in [0.2, 0.25) is 5.02 Å². The van der Waals surface area contributed by atoms with E-state index in [2.05, 4.69) is 20.2 Å². The number of amides is 1. The number of carbonyl (C=O) groups is 1. The molecule has 7 heteroatoms. The van der Waals surface area contributed by atoms with Gasteiger partial charge in [-0.2, -0.15) is 0 Å². The van der Waals surface area contributed by atoms with Crippen molar-refractivity contribution < 1.29 is 4.79 Å². The molecule has 110 valence electrons. The standard InChI is InChI=1S/C14H15ClN4OS/c15-11-4-8-21-12(11)13(20)18-10-3-1-7-19(9-10)14-16-5-2-6-17-14/h2,4-6,8,10H,1,3,7,9H2,(H,18,20). The Morgan fingerprint density at radius 3 is 2.95 bits per heavy atom. The maximum atomic E-state index is 12.2. The predicted octanol–water partition coefficient (Wildman–Crippen LogP) is 2.59. The topological polar surface area (TPSA) is 58.1 Å². The molecule has 3 rings (SSSR count). The Labute approximate surface area is 132 Å². The average molecular weight is 323 g/mol. The van der Waals surface area contributed by atoms with Crippen LogP contribution in [0.4, 0.5) is 5.95 Å². The molecule has 0 aromatic carbocycles. The second-order valence-corrected chi connectivity index (χ2v) is 6.23. The van der Waals surface area contributed by atoms with Crippen molar-refractivity contribution >= 4 is 34.8 Å². The number of piperidine rings is 1. The molecular weight excluding hydrogens is 308 g/mol. The largest absolute Gasteiger partial charge is 0.347 e. The van der Waals surface area contributed by atoms with Crippen LogP contribution in [-0.2, 0) is 0 Å². The van der Waals surface area contributed by atoms with Gasteiger partial charge in [0.15, 0.2) is 0 Å². The normalized spacial score (nSPS) is 18.5. The lowest BCUT2D eigenvalue weighted by atomic mass is 10.1. The Morgan fingerprint density at radius 1 is 1.43 bits per heavy atom. The molecule has 0 spiro atoms. The van der Waals surface area contributed by atoms with Crippen LogP contribution in [0.3, 0.4) is 0 Å². The lowest BCUT2D eigenvalue weighted by Gasteiger charge is -2.33. The Morgan fingerprint density at radius 2 is 2.24 bits per heavy atom. The lowest BCUT2D eigenvalue weighted by molar-refractivity contribution is 0.0937. The van der Waals surface area contributed by atoms with Gasteiger partial charge in [-0.15, -0.1) is 11.3 Å². The Kier molecular flexibility index (Phi) is 4.36. The van der Waals surface area contributed by atoms with Crippen LogP contribution in [0.15, 0.2) is 29.9 Å². The van der Waals surface area contributed by atoms with Crippen molar-refractivity contribution in [2.45, 2.75) is 18.9 Å². The molecule has 3 heterocycles. The Bertz CT molecular complexity index is 618. The van der Waals surface area contributed by atoms with Gasteiger partial charge in [-0.05, 0) is 30.4 Å². The molecule has 2 aromatic rings. The fourth-order valence-electron chi connectivity index (χ4n) is 2.44. The summed E-state index contributed by atoms with van der Waals surface area (Å²) < 4.78 is 0. The third kappa shape index (κ3) is 3.33. The molecule has 1 saturated heterocycles. The molecule has 1 fully saturated rings. The monoisotopic (exact) mass is 322 g/mol. The van der Waals surface area contributed by atoms with E-state index in [-0.39, 0.29) is 11.9 Å². The zero-order valence-corrected chi connectivity index (χ0v) is 12.9. The first-order valence-corrected chi connectivity index (χ1v) is 8.05. The molecule has 1 unspecified atom stereocenters. The van der Waals surface area contributed by atoms with E-state index < -0.39 is 0 Å². The van der Waals surface area contributed by atoms with Crippen molar-refractivity contribution in [3.8, 4) is 0 Å². The summed E-state index contributed by atoms with van der Waals surface area (Å²) in [6.45, 7) is 1.63. The average Bonchev–Trinajstić information content (AvgIpc) is 2.95.